The van der Waals surface area contributed by atoms with E-state index in [0.717, 1.165) is 0 Å². The molecule has 2 heteroatoms. The van der Waals surface area contributed by atoms with E-state index >= 15 is 0 Å². The van der Waals surface area contributed by atoms with Crippen LogP contribution in [0.4, 0.5) is 0 Å². The molecule has 0 atom stereocenters. The van der Waals surface area contributed by atoms with Crippen molar-refractivity contribution < 1.29 is 0 Å². The topological polar surface area (TPSA) is 4.93 Å². The second-order valence-electron chi connectivity index (χ2n) is 9.48. The summed E-state index contributed by atoms with van der Waals surface area (Å²) in [6.07, 6.45) is 0. The summed E-state index contributed by atoms with van der Waals surface area (Å²) in [5.74, 6) is 0. The van der Waals surface area contributed by atoms with E-state index in [0.29, 0.717) is 6.71 Å². The molecule has 0 fully saturated rings. The Balaban J connectivity index is 1.79. The maximum atomic E-state index is 2.53. The zero-order chi connectivity index (χ0) is 20.2. The molecule has 0 radical (unpaired) electrons. The number of aromatic nitrogens is 1. The third-order valence-electron chi connectivity index (χ3n) is 7.52. The average molecular weight is 383 g/mol. The molecule has 1 aromatic heterocycles. The molecule has 30 heavy (non-hydrogen) atoms. The summed E-state index contributed by atoms with van der Waals surface area (Å²) in [7, 11) is 0. The van der Waals surface area contributed by atoms with Crippen molar-refractivity contribution in [3.63, 3.8) is 0 Å². The number of benzene rings is 4. The third kappa shape index (κ3) is 1.77. The smallest absolute Gasteiger partial charge is 0.247 e. The van der Waals surface area contributed by atoms with E-state index in [9.17, 15) is 0 Å². The second kappa shape index (κ2) is 5.26. The zero-order valence-electron chi connectivity index (χ0n) is 17.5. The molecule has 0 bridgehead atoms. The van der Waals surface area contributed by atoms with Crippen LogP contribution in [0, 0.1) is 6.92 Å². The van der Waals surface area contributed by atoms with Crippen LogP contribution < -0.4 is 16.4 Å². The molecule has 5 aromatic rings. The van der Waals surface area contributed by atoms with Crippen molar-refractivity contribution in [3.05, 3.63) is 95.6 Å². The first-order valence-corrected chi connectivity index (χ1v) is 10.8. The molecule has 0 saturated carbocycles. The standard InChI is InChI=1S/C28H22BN/c1-17-12-15-25-23(16-17)29-22-10-6-5-9-20(22)28(2,3)21-14-13-19-18-8-4-7-11-24(18)30(25)27(19)26(21)29/h4-16H,1-3H3. The molecule has 1 nitrogen and oxygen atoms in total. The highest BCUT2D eigenvalue weighted by molar-refractivity contribution is 6.99. The molecule has 3 heterocycles. The molecule has 2 aliphatic rings. The quantitative estimate of drug-likeness (QED) is 0.339. The molecular formula is C28H22BN. The molecule has 7 rings (SSSR count). The van der Waals surface area contributed by atoms with Crippen LogP contribution in [0.3, 0.4) is 0 Å². The van der Waals surface area contributed by atoms with Crippen molar-refractivity contribution in [3.8, 4) is 5.69 Å². The lowest BCUT2D eigenvalue weighted by Crippen LogP contribution is -2.63. The van der Waals surface area contributed by atoms with Crippen LogP contribution in [0.1, 0.15) is 30.5 Å². The van der Waals surface area contributed by atoms with Gasteiger partial charge in [0.05, 0.1) is 5.52 Å². The molecule has 4 aromatic carbocycles. The molecular weight excluding hydrogens is 361 g/mol. The van der Waals surface area contributed by atoms with Gasteiger partial charge in [-0.05, 0) is 41.1 Å². The minimum absolute atomic E-state index is 0.0147. The highest BCUT2D eigenvalue weighted by atomic mass is 15.0. The zero-order valence-corrected chi connectivity index (χ0v) is 17.5. The monoisotopic (exact) mass is 383 g/mol. The fourth-order valence-corrected chi connectivity index (χ4v) is 6.22. The van der Waals surface area contributed by atoms with Crippen molar-refractivity contribution in [1.82, 2.24) is 4.57 Å². The Morgan fingerprint density at radius 1 is 0.733 bits per heavy atom. The molecule has 0 spiro atoms. The first-order valence-electron chi connectivity index (χ1n) is 10.8. The van der Waals surface area contributed by atoms with E-state index in [1.165, 1.54) is 60.6 Å². The van der Waals surface area contributed by atoms with Crippen LogP contribution >= 0.6 is 0 Å². The number of rotatable bonds is 0. The van der Waals surface area contributed by atoms with Crippen LogP contribution in [0.2, 0.25) is 0 Å². The highest BCUT2D eigenvalue weighted by Crippen LogP contribution is 2.40. The summed E-state index contributed by atoms with van der Waals surface area (Å²) in [5, 5.41) is 2.72. The molecule has 142 valence electrons. The van der Waals surface area contributed by atoms with Gasteiger partial charge in [0.2, 0.25) is 6.71 Å². The second-order valence-corrected chi connectivity index (χ2v) is 9.48. The number of nitrogens with zero attached hydrogens (tertiary/aromatic N) is 1. The fraction of sp³-hybridized carbons (Fsp3) is 0.143. The normalized spacial score (nSPS) is 15.4. The lowest BCUT2D eigenvalue weighted by Gasteiger charge is -2.41. The molecule has 0 amide bonds. The first kappa shape index (κ1) is 16.5. The van der Waals surface area contributed by atoms with Gasteiger partial charge in [-0.2, -0.15) is 0 Å². The van der Waals surface area contributed by atoms with E-state index in [-0.39, 0.29) is 5.41 Å². The maximum Gasteiger partial charge on any atom is 0.247 e. The van der Waals surface area contributed by atoms with Gasteiger partial charge in [0, 0.05) is 27.4 Å². The SMILES string of the molecule is Cc1ccc2c(c1)B1c3ccccc3C(C)(C)c3ccc4c5ccccc5n-2c4c31. The van der Waals surface area contributed by atoms with Crippen LogP contribution in [-0.2, 0) is 5.41 Å². The van der Waals surface area contributed by atoms with Crippen molar-refractivity contribution in [2.45, 2.75) is 26.2 Å². The summed E-state index contributed by atoms with van der Waals surface area (Å²) in [4.78, 5) is 0. The summed E-state index contributed by atoms with van der Waals surface area (Å²) >= 11 is 0. The molecule has 0 unspecified atom stereocenters. The molecule has 0 saturated heterocycles. The predicted octanol–water partition coefficient (Wildman–Crippen LogP) is 4.56. The highest BCUT2D eigenvalue weighted by Gasteiger charge is 2.44. The van der Waals surface area contributed by atoms with E-state index in [2.05, 4.69) is 104 Å². The number of fused-ring (bicyclic) bond motifs is 8. The van der Waals surface area contributed by atoms with Gasteiger partial charge in [-0.15, -0.1) is 0 Å². The number of hydrogen-bond acceptors (Lipinski definition) is 0. The Labute approximate surface area is 177 Å². The minimum atomic E-state index is -0.0147. The number of aryl methyl sites for hydroxylation is 1. The van der Waals surface area contributed by atoms with Gasteiger partial charge in [-0.25, -0.2) is 0 Å². The molecule has 0 aliphatic carbocycles. The van der Waals surface area contributed by atoms with Gasteiger partial charge in [0.15, 0.2) is 0 Å². The fourth-order valence-electron chi connectivity index (χ4n) is 6.22. The Kier molecular flexibility index (Phi) is 2.90. The largest absolute Gasteiger partial charge is 0.310 e. The van der Waals surface area contributed by atoms with E-state index in [1.807, 2.05) is 0 Å². The van der Waals surface area contributed by atoms with Gasteiger partial charge in [0.1, 0.15) is 0 Å². The van der Waals surface area contributed by atoms with Crippen molar-refractivity contribution in [2.75, 3.05) is 0 Å². The number of hydrogen-bond donors (Lipinski definition) is 0. The van der Waals surface area contributed by atoms with Crippen LogP contribution in [0.5, 0.6) is 0 Å². The Morgan fingerprint density at radius 3 is 2.43 bits per heavy atom. The summed E-state index contributed by atoms with van der Waals surface area (Å²) in [5.41, 5.74) is 12.7. The van der Waals surface area contributed by atoms with Gasteiger partial charge >= 0.3 is 0 Å². The average Bonchev–Trinajstić information content (AvgIpc) is 3.09. The van der Waals surface area contributed by atoms with E-state index < -0.39 is 0 Å². The van der Waals surface area contributed by atoms with Crippen LogP contribution in [-0.4, -0.2) is 11.3 Å². The van der Waals surface area contributed by atoms with Crippen LogP contribution in [0.15, 0.2) is 78.9 Å². The van der Waals surface area contributed by atoms with Gasteiger partial charge in [-0.3, -0.25) is 0 Å². The van der Waals surface area contributed by atoms with Crippen molar-refractivity contribution in [2.24, 2.45) is 0 Å². The molecule has 0 N–H and O–H groups in total. The lowest BCUT2D eigenvalue weighted by atomic mass is 9.30. The Morgan fingerprint density at radius 2 is 1.53 bits per heavy atom. The van der Waals surface area contributed by atoms with Crippen LogP contribution in [0.25, 0.3) is 27.5 Å². The maximum absolute atomic E-state index is 2.53. The van der Waals surface area contributed by atoms with E-state index in [1.54, 1.807) is 0 Å². The lowest BCUT2D eigenvalue weighted by molar-refractivity contribution is 0.646. The van der Waals surface area contributed by atoms with Gasteiger partial charge in [0.25, 0.3) is 0 Å². The predicted molar refractivity (Wildman–Crippen MR) is 129 cm³/mol. The van der Waals surface area contributed by atoms with E-state index in [4.69, 9.17) is 0 Å². The Hall–Kier alpha value is -3.26. The third-order valence-corrected chi connectivity index (χ3v) is 7.52. The summed E-state index contributed by atoms with van der Waals surface area (Å²) in [6, 6.07) is 29.7. The number of para-hydroxylation sites is 1. The minimum Gasteiger partial charge on any atom is -0.310 e. The molecule has 2 aliphatic heterocycles. The van der Waals surface area contributed by atoms with Gasteiger partial charge < -0.3 is 4.57 Å². The van der Waals surface area contributed by atoms with Gasteiger partial charge in [-0.1, -0.05) is 91.6 Å². The first-order chi connectivity index (χ1) is 14.6. The summed E-state index contributed by atoms with van der Waals surface area (Å²) < 4.78 is 2.53. The Bertz CT molecular complexity index is 1540. The van der Waals surface area contributed by atoms with Crippen molar-refractivity contribution in [1.29, 1.82) is 0 Å². The van der Waals surface area contributed by atoms with Crippen molar-refractivity contribution >= 4 is 44.9 Å². The summed E-state index contributed by atoms with van der Waals surface area (Å²) in [6.45, 7) is 7.28.